The predicted molar refractivity (Wildman–Crippen MR) is 60.4 cm³/mol. The summed E-state index contributed by atoms with van der Waals surface area (Å²) in [7, 11) is 0. The third-order valence-electron chi connectivity index (χ3n) is 2.87. The minimum atomic E-state index is -0.275. The fourth-order valence-electron chi connectivity index (χ4n) is 1.78. The number of nitrogens with one attached hydrogen (secondary N) is 1. The van der Waals surface area contributed by atoms with Gasteiger partial charge in [-0.1, -0.05) is 19.8 Å². The number of aliphatic hydroxyl groups is 1. The quantitative estimate of drug-likeness (QED) is 0.676. The third kappa shape index (κ3) is 6.50. The van der Waals surface area contributed by atoms with Gasteiger partial charge in [0, 0.05) is 13.0 Å². The molecule has 0 aromatic rings. The monoisotopic (exact) mass is 213 g/mol. The van der Waals surface area contributed by atoms with Crippen molar-refractivity contribution in [2.45, 2.75) is 52.1 Å². The smallest absolute Gasteiger partial charge is 0.220 e. The topological polar surface area (TPSA) is 49.3 Å². The number of carbonyl (C=O) groups is 1. The van der Waals surface area contributed by atoms with Crippen LogP contribution in [0.3, 0.4) is 0 Å². The minimum Gasteiger partial charge on any atom is -0.393 e. The van der Waals surface area contributed by atoms with E-state index in [9.17, 15) is 4.79 Å². The summed E-state index contributed by atoms with van der Waals surface area (Å²) in [6.07, 6.45) is 4.83. The van der Waals surface area contributed by atoms with Crippen molar-refractivity contribution < 1.29 is 9.90 Å². The van der Waals surface area contributed by atoms with Crippen molar-refractivity contribution >= 4 is 5.91 Å². The van der Waals surface area contributed by atoms with E-state index >= 15 is 0 Å². The van der Waals surface area contributed by atoms with Gasteiger partial charge >= 0.3 is 0 Å². The van der Waals surface area contributed by atoms with Crippen LogP contribution in [0.4, 0.5) is 0 Å². The Morgan fingerprint density at radius 1 is 1.47 bits per heavy atom. The molecule has 2 N–H and O–H groups in total. The van der Waals surface area contributed by atoms with Gasteiger partial charge in [0.25, 0.3) is 0 Å². The molecule has 1 amide bonds. The molecule has 1 aliphatic carbocycles. The molecule has 1 fully saturated rings. The molecule has 0 aromatic carbocycles. The maximum absolute atomic E-state index is 11.4. The van der Waals surface area contributed by atoms with Crippen LogP contribution in [0.5, 0.6) is 0 Å². The lowest BCUT2D eigenvalue weighted by Crippen LogP contribution is -2.29. The van der Waals surface area contributed by atoms with Gasteiger partial charge < -0.3 is 10.4 Å². The van der Waals surface area contributed by atoms with Crippen LogP contribution in [-0.2, 0) is 4.79 Å². The van der Waals surface area contributed by atoms with Gasteiger partial charge in [-0.15, -0.1) is 0 Å². The molecule has 1 aliphatic rings. The van der Waals surface area contributed by atoms with E-state index in [-0.39, 0.29) is 12.0 Å². The molecule has 0 heterocycles. The summed E-state index contributed by atoms with van der Waals surface area (Å²) in [6, 6.07) is 0. The van der Waals surface area contributed by atoms with Gasteiger partial charge in [-0.05, 0) is 31.6 Å². The van der Waals surface area contributed by atoms with Crippen molar-refractivity contribution in [2.75, 3.05) is 6.54 Å². The van der Waals surface area contributed by atoms with Gasteiger partial charge in [0.15, 0.2) is 0 Å². The largest absolute Gasteiger partial charge is 0.393 e. The lowest BCUT2D eigenvalue weighted by Gasteiger charge is -2.14. The lowest BCUT2D eigenvalue weighted by molar-refractivity contribution is -0.121. The molecule has 88 valence electrons. The summed E-state index contributed by atoms with van der Waals surface area (Å²) in [5, 5.41) is 12.1. The molecule has 0 saturated heterocycles. The van der Waals surface area contributed by atoms with E-state index in [2.05, 4.69) is 5.32 Å². The summed E-state index contributed by atoms with van der Waals surface area (Å²) in [5.74, 6) is 1.35. The molecule has 1 rings (SSSR count). The molecule has 15 heavy (non-hydrogen) atoms. The van der Waals surface area contributed by atoms with E-state index in [0.717, 1.165) is 18.8 Å². The van der Waals surface area contributed by atoms with E-state index in [1.807, 2.05) is 6.92 Å². The Bertz CT molecular complexity index is 200. The van der Waals surface area contributed by atoms with Gasteiger partial charge in [0.2, 0.25) is 5.91 Å². The molecule has 0 aliphatic heterocycles. The first kappa shape index (κ1) is 12.5. The highest BCUT2D eigenvalue weighted by Gasteiger charge is 2.21. The van der Waals surface area contributed by atoms with Crippen LogP contribution in [0.1, 0.15) is 46.0 Å². The number of amides is 1. The van der Waals surface area contributed by atoms with Crippen LogP contribution >= 0.6 is 0 Å². The van der Waals surface area contributed by atoms with Crippen molar-refractivity contribution in [3.63, 3.8) is 0 Å². The number of rotatable bonds is 7. The molecular formula is C12H23NO2. The maximum Gasteiger partial charge on any atom is 0.220 e. The number of hydrogen-bond donors (Lipinski definition) is 2. The van der Waals surface area contributed by atoms with Crippen LogP contribution in [-0.4, -0.2) is 23.7 Å². The molecule has 3 heteroatoms. The fourth-order valence-corrected chi connectivity index (χ4v) is 1.78. The van der Waals surface area contributed by atoms with Gasteiger partial charge in [0.05, 0.1) is 6.10 Å². The van der Waals surface area contributed by atoms with Crippen molar-refractivity contribution in [3.8, 4) is 0 Å². The van der Waals surface area contributed by atoms with Crippen molar-refractivity contribution in [3.05, 3.63) is 0 Å². The highest BCUT2D eigenvalue weighted by molar-refractivity contribution is 5.75. The summed E-state index contributed by atoms with van der Waals surface area (Å²) >= 11 is 0. The first-order valence-electron chi connectivity index (χ1n) is 6.02. The zero-order valence-corrected chi connectivity index (χ0v) is 9.83. The normalized spacial score (nSPS) is 19.7. The van der Waals surface area contributed by atoms with E-state index in [1.165, 1.54) is 12.8 Å². The number of carbonyl (C=O) groups excluding carboxylic acids is 1. The lowest BCUT2D eigenvalue weighted by atomic mass is 10.0. The van der Waals surface area contributed by atoms with Crippen LogP contribution in [0.25, 0.3) is 0 Å². The first-order valence-corrected chi connectivity index (χ1v) is 6.02. The average Bonchev–Trinajstić information content (AvgIpc) is 2.93. The van der Waals surface area contributed by atoms with Gasteiger partial charge in [-0.3, -0.25) is 4.79 Å². The highest BCUT2D eigenvalue weighted by atomic mass is 16.3. The zero-order valence-electron chi connectivity index (χ0n) is 9.83. The molecule has 3 nitrogen and oxygen atoms in total. The van der Waals surface area contributed by atoms with Crippen LogP contribution in [0.2, 0.25) is 0 Å². The SMILES string of the molecule is CC(O)CC(C)CNC(=O)CCC1CC1. The molecule has 2 atom stereocenters. The van der Waals surface area contributed by atoms with Gasteiger partial charge in [-0.25, -0.2) is 0 Å². The van der Waals surface area contributed by atoms with E-state index in [4.69, 9.17) is 5.11 Å². The van der Waals surface area contributed by atoms with E-state index < -0.39 is 0 Å². The summed E-state index contributed by atoms with van der Waals surface area (Å²) < 4.78 is 0. The van der Waals surface area contributed by atoms with Gasteiger partial charge in [0.1, 0.15) is 0 Å². The molecule has 0 spiro atoms. The highest BCUT2D eigenvalue weighted by Crippen LogP contribution is 2.33. The summed E-state index contributed by atoms with van der Waals surface area (Å²) in [4.78, 5) is 11.4. The Morgan fingerprint density at radius 2 is 2.13 bits per heavy atom. The second-order valence-corrected chi connectivity index (χ2v) is 4.98. The Labute approximate surface area is 92.3 Å². The van der Waals surface area contributed by atoms with Crippen molar-refractivity contribution in [1.82, 2.24) is 5.32 Å². The zero-order chi connectivity index (χ0) is 11.3. The Kier molecular flexibility index (Phi) is 5.09. The Morgan fingerprint density at radius 3 is 2.67 bits per heavy atom. The summed E-state index contributed by atoms with van der Waals surface area (Å²) in [6.45, 7) is 4.52. The molecule has 1 saturated carbocycles. The molecule has 2 unspecified atom stereocenters. The van der Waals surface area contributed by atoms with Crippen molar-refractivity contribution in [2.24, 2.45) is 11.8 Å². The van der Waals surface area contributed by atoms with Crippen LogP contribution in [0.15, 0.2) is 0 Å². The minimum absolute atomic E-state index is 0.166. The molecule has 0 radical (unpaired) electrons. The number of aliphatic hydroxyl groups excluding tert-OH is 1. The molecular weight excluding hydrogens is 190 g/mol. The van der Waals surface area contributed by atoms with Gasteiger partial charge in [-0.2, -0.15) is 0 Å². The maximum atomic E-state index is 11.4. The third-order valence-corrected chi connectivity index (χ3v) is 2.87. The molecule has 0 aromatic heterocycles. The second kappa shape index (κ2) is 6.11. The Hall–Kier alpha value is -0.570. The van der Waals surface area contributed by atoms with E-state index in [0.29, 0.717) is 18.9 Å². The second-order valence-electron chi connectivity index (χ2n) is 4.98. The van der Waals surface area contributed by atoms with Crippen molar-refractivity contribution in [1.29, 1.82) is 0 Å². The Balaban J connectivity index is 1.99. The standard InChI is InChI=1S/C12H23NO2/c1-9(7-10(2)14)8-13-12(15)6-5-11-3-4-11/h9-11,14H,3-8H2,1-2H3,(H,13,15). The average molecular weight is 213 g/mol. The van der Waals surface area contributed by atoms with E-state index in [1.54, 1.807) is 6.92 Å². The molecule has 0 bridgehead atoms. The first-order chi connectivity index (χ1) is 7.08. The predicted octanol–water partition coefficient (Wildman–Crippen LogP) is 1.70. The van der Waals surface area contributed by atoms with Crippen LogP contribution < -0.4 is 5.32 Å². The number of hydrogen-bond acceptors (Lipinski definition) is 2. The van der Waals surface area contributed by atoms with Crippen LogP contribution in [0, 0.1) is 11.8 Å². The summed E-state index contributed by atoms with van der Waals surface area (Å²) in [5.41, 5.74) is 0. The fraction of sp³-hybridized carbons (Fsp3) is 0.917.